The highest BCUT2D eigenvalue weighted by Gasteiger charge is 2.72. The van der Waals surface area contributed by atoms with Gasteiger partial charge in [-0.15, -0.1) is 0 Å². The van der Waals surface area contributed by atoms with Crippen molar-refractivity contribution in [2.24, 2.45) is 11.3 Å². The van der Waals surface area contributed by atoms with Crippen LogP contribution < -0.4 is 13.6 Å². The molecule has 0 saturated heterocycles. The number of carbonyl (C=O) groups is 1. The summed E-state index contributed by atoms with van der Waals surface area (Å²) >= 11 is 0. The molecule has 1 aromatic carbocycles. The fourth-order valence-electron chi connectivity index (χ4n) is 5.71. The number of hydrogen-bond donors (Lipinski definition) is 0. The molecular formula is C31H52O5Si2. The summed E-state index contributed by atoms with van der Waals surface area (Å²) in [7, 11) is -1.19. The van der Waals surface area contributed by atoms with Crippen molar-refractivity contribution >= 4 is 22.6 Å². The number of rotatable bonds is 7. The third-order valence-corrected chi connectivity index (χ3v) is 18.7. The van der Waals surface area contributed by atoms with E-state index in [-0.39, 0.29) is 33.8 Å². The van der Waals surface area contributed by atoms with Crippen LogP contribution in [0.3, 0.4) is 0 Å². The molecule has 0 bridgehead atoms. The first-order valence-electron chi connectivity index (χ1n) is 14.1. The van der Waals surface area contributed by atoms with E-state index >= 15 is 0 Å². The molecule has 5 nitrogen and oxygen atoms in total. The lowest BCUT2D eigenvalue weighted by Gasteiger charge is -2.41. The third-order valence-electron chi connectivity index (χ3n) is 10.0. The molecule has 3 rings (SSSR count). The average Bonchev–Trinajstić information content (AvgIpc) is 3.41. The van der Waals surface area contributed by atoms with Crippen molar-refractivity contribution in [2.45, 2.75) is 117 Å². The standard InChI is InChI=1S/C31H52O5Si2/c1-16-17-31(28(32)34-11)21-18-19(2)22-23(24(21)31)25(35-37(12,13)29(4,5)6)20(3)26(33-10)27(22)36-38(14,15)30(7,8)9/h16-17,19,21,24H,18H2,1-15H3/b17-16+/t19-,21-,24-,31+/m1/s1. The zero-order valence-corrected chi connectivity index (χ0v) is 28.6. The van der Waals surface area contributed by atoms with E-state index in [0.717, 1.165) is 40.4 Å². The van der Waals surface area contributed by atoms with E-state index in [1.807, 2.05) is 13.0 Å². The van der Waals surface area contributed by atoms with Gasteiger partial charge in [0.25, 0.3) is 16.6 Å². The zero-order valence-electron chi connectivity index (χ0n) is 26.6. The number of fused-ring (bicyclic) bond motifs is 3. The van der Waals surface area contributed by atoms with Crippen LogP contribution in [0, 0.1) is 18.3 Å². The Morgan fingerprint density at radius 3 is 1.82 bits per heavy atom. The summed E-state index contributed by atoms with van der Waals surface area (Å²) in [6.07, 6.45) is 4.95. The van der Waals surface area contributed by atoms with Crippen molar-refractivity contribution in [1.29, 1.82) is 0 Å². The average molecular weight is 561 g/mol. The monoisotopic (exact) mass is 560 g/mol. The maximum absolute atomic E-state index is 13.4. The van der Waals surface area contributed by atoms with Crippen molar-refractivity contribution < 1.29 is 23.1 Å². The van der Waals surface area contributed by atoms with Gasteiger partial charge in [0, 0.05) is 22.6 Å². The Hall–Kier alpha value is -1.74. The first-order valence-corrected chi connectivity index (χ1v) is 19.9. The van der Waals surface area contributed by atoms with E-state index in [4.69, 9.17) is 18.3 Å². The lowest BCUT2D eigenvalue weighted by molar-refractivity contribution is -0.145. The molecule has 2 aliphatic carbocycles. The second-order valence-corrected chi connectivity index (χ2v) is 24.0. The molecule has 214 valence electrons. The van der Waals surface area contributed by atoms with Gasteiger partial charge in [-0.25, -0.2) is 0 Å². The summed E-state index contributed by atoms with van der Waals surface area (Å²) in [4.78, 5) is 13.4. The van der Waals surface area contributed by atoms with Gasteiger partial charge in [-0.1, -0.05) is 60.6 Å². The Kier molecular flexibility index (Phi) is 7.88. The van der Waals surface area contributed by atoms with Crippen LogP contribution in [0.25, 0.3) is 0 Å². The van der Waals surface area contributed by atoms with Gasteiger partial charge >= 0.3 is 5.97 Å². The normalized spacial score (nSPS) is 25.5. The number of allylic oxidation sites excluding steroid dienone is 1. The third kappa shape index (κ3) is 4.65. The molecule has 0 heterocycles. The fourth-order valence-corrected chi connectivity index (χ4v) is 7.81. The van der Waals surface area contributed by atoms with Crippen LogP contribution >= 0.6 is 0 Å². The van der Waals surface area contributed by atoms with Crippen LogP contribution in [0.4, 0.5) is 0 Å². The minimum absolute atomic E-state index is 0.0107. The summed E-state index contributed by atoms with van der Waals surface area (Å²) in [5.41, 5.74) is 2.57. The molecular weight excluding hydrogens is 509 g/mol. The van der Waals surface area contributed by atoms with Gasteiger partial charge in [-0.05, 0) is 68.4 Å². The second kappa shape index (κ2) is 9.72. The molecule has 0 aliphatic heterocycles. The van der Waals surface area contributed by atoms with Gasteiger partial charge in [-0.3, -0.25) is 4.79 Å². The predicted molar refractivity (Wildman–Crippen MR) is 162 cm³/mol. The predicted octanol–water partition coefficient (Wildman–Crippen LogP) is 8.73. The summed E-state index contributed by atoms with van der Waals surface area (Å²) in [5.74, 6) is 2.69. The van der Waals surface area contributed by atoms with Crippen LogP contribution in [0.5, 0.6) is 17.2 Å². The maximum atomic E-state index is 13.4. The van der Waals surface area contributed by atoms with E-state index in [0.29, 0.717) is 0 Å². The molecule has 2 aliphatic rings. The van der Waals surface area contributed by atoms with E-state index in [9.17, 15) is 4.79 Å². The quantitative estimate of drug-likeness (QED) is 0.190. The number of esters is 1. The van der Waals surface area contributed by atoms with Gasteiger partial charge < -0.3 is 18.3 Å². The maximum Gasteiger partial charge on any atom is 0.316 e. The Morgan fingerprint density at radius 2 is 1.39 bits per heavy atom. The number of ether oxygens (including phenoxy) is 2. The molecule has 0 spiro atoms. The summed E-state index contributed by atoms with van der Waals surface area (Å²) in [6.45, 7) is 29.0. The molecule has 1 fully saturated rings. The largest absolute Gasteiger partial charge is 0.543 e. The second-order valence-electron chi connectivity index (χ2n) is 14.5. The van der Waals surface area contributed by atoms with Crippen LogP contribution in [0.1, 0.15) is 90.3 Å². The fraction of sp³-hybridized carbons (Fsp3) is 0.710. The van der Waals surface area contributed by atoms with Crippen molar-refractivity contribution in [2.75, 3.05) is 14.2 Å². The first kappa shape index (κ1) is 30.8. The van der Waals surface area contributed by atoms with Gasteiger partial charge in [-0.2, -0.15) is 0 Å². The summed E-state index contributed by atoms with van der Waals surface area (Å²) in [5, 5.41) is 0.0394. The molecule has 0 unspecified atom stereocenters. The highest BCUT2D eigenvalue weighted by Crippen LogP contribution is 2.75. The lowest BCUT2D eigenvalue weighted by Crippen LogP contribution is -2.45. The number of benzene rings is 1. The van der Waals surface area contributed by atoms with Crippen LogP contribution in [-0.4, -0.2) is 36.8 Å². The highest BCUT2D eigenvalue weighted by molar-refractivity contribution is 6.75. The van der Waals surface area contributed by atoms with E-state index in [2.05, 4.69) is 87.7 Å². The molecule has 1 aromatic rings. The Bertz CT molecular complexity index is 1120. The van der Waals surface area contributed by atoms with Crippen molar-refractivity contribution in [1.82, 2.24) is 0 Å². The molecule has 38 heavy (non-hydrogen) atoms. The summed E-state index contributed by atoms with van der Waals surface area (Å²) in [6, 6.07) is 0. The lowest BCUT2D eigenvalue weighted by atomic mass is 9.81. The molecule has 0 aromatic heterocycles. The van der Waals surface area contributed by atoms with Gasteiger partial charge in [0.15, 0.2) is 11.5 Å². The van der Waals surface area contributed by atoms with Crippen molar-refractivity contribution in [3.8, 4) is 17.2 Å². The number of methoxy groups -OCH3 is 2. The smallest absolute Gasteiger partial charge is 0.316 e. The minimum atomic E-state index is -2.22. The molecule has 0 radical (unpaired) electrons. The molecule has 1 saturated carbocycles. The number of carbonyl (C=O) groups excluding carboxylic acids is 1. The van der Waals surface area contributed by atoms with Gasteiger partial charge in [0.05, 0.1) is 19.6 Å². The number of hydrogen-bond acceptors (Lipinski definition) is 5. The minimum Gasteiger partial charge on any atom is -0.543 e. The van der Waals surface area contributed by atoms with Crippen molar-refractivity contribution in [3.63, 3.8) is 0 Å². The molecule has 0 N–H and O–H groups in total. The molecule has 0 amide bonds. The van der Waals surface area contributed by atoms with Crippen LogP contribution in [0.2, 0.25) is 36.3 Å². The van der Waals surface area contributed by atoms with Gasteiger partial charge in [0.1, 0.15) is 5.75 Å². The van der Waals surface area contributed by atoms with Crippen LogP contribution in [-0.2, 0) is 9.53 Å². The van der Waals surface area contributed by atoms with Crippen molar-refractivity contribution in [3.05, 3.63) is 28.8 Å². The SMILES string of the molecule is C/C=C/[C@]1(C(=O)OC)[C@@H]2C[C@@H](C)c3c(O[Si](C)(C)C(C)(C)C)c(OC)c(C)c(O[Si](C)(C)C(C)(C)C)c3[C@@H]21. The molecule has 7 heteroatoms. The zero-order chi connectivity index (χ0) is 29.2. The Balaban J connectivity index is 2.43. The molecule has 4 atom stereocenters. The Morgan fingerprint density at radius 1 is 0.895 bits per heavy atom. The van der Waals surface area contributed by atoms with Crippen LogP contribution in [0.15, 0.2) is 12.2 Å². The first-order chi connectivity index (χ1) is 17.2. The highest BCUT2D eigenvalue weighted by atomic mass is 28.4. The van der Waals surface area contributed by atoms with E-state index < -0.39 is 22.0 Å². The summed E-state index contributed by atoms with van der Waals surface area (Å²) < 4.78 is 25.8. The topological polar surface area (TPSA) is 54.0 Å². The van der Waals surface area contributed by atoms with Gasteiger partial charge in [0.2, 0.25) is 0 Å². The van der Waals surface area contributed by atoms with E-state index in [1.54, 1.807) is 7.11 Å². The Labute approximate surface area is 233 Å². The van der Waals surface area contributed by atoms with E-state index in [1.165, 1.54) is 7.11 Å².